The van der Waals surface area contributed by atoms with Gasteiger partial charge in [0.2, 0.25) is 11.1 Å². The molecule has 0 saturated carbocycles. The first-order chi connectivity index (χ1) is 5.07. The van der Waals surface area contributed by atoms with Gasteiger partial charge in [-0.15, -0.1) is 0 Å². The van der Waals surface area contributed by atoms with Crippen LogP contribution in [0.15, 0.2) is 12.7 Å². The van der Waals surface area contributed by atoms with Gasteiger partial charge < -0.3 is 4.90 Å². The summed E-state index contributed by atoms with van der Waals surface area (Å²) in [5.41, 5.74) is 0. The lowest BCUT2D eigenvalue weighted by molar-refractivity contribution is -0.125. The quantitative estimate of drug-likeness (QED) is 0.468. The highest BCUT2D eigenvalue weighted by molar-refractivity contribution is 6.63. The molecule has 3 nitrogen and oxygen atoms in total. The molecule has 0 aliphatic heterocycles. The van der Waals surface area contributed by atoms with E-state index in [2.05, 4.69) is 6.58 Å². The van der Waals surface area contributed by atoms with E-state index in [0.717, 1.165) is 0 Å². The third kappa shape index (κ3) is 4.56. The Bertz CT molecular complexity index is 179. The summed E-state index contributed by atoms with van der Waals surface area (Å²) in [5, 5.41) is -0.436. The Morgan fingerprint density at radius 1 is 1.64 bits per heavy atom. The van der Waals surface area contributed by atoms with Gasteiger partial charge in [0.05, 0.1) is 0 Å². The molecule has 0 aliphatic rings. The topological polar surface area (TPSA) is 37.4 Å². The van der Waals surface area contributed by atoms with E-state index < -0.39 is 5.24 Å². The van der Waals surface area contributed by atoms with Crippen LogP contribution in [0.4, 0.5) is 0 Å². The zero-order valence-electron chi connectivity index (χ0n) is 6.34. The number of amides is 1. The molecule has 0 N–H and O–H groups in total. The summed E-state index contributed by atoms with van der Waals surface area (Å²) in [4.78, 5) is 22.4. The van der Waals surface area contributed by atoms with Crippen molar-refractivity contribution in [1.82, 2.24) is 4.90 Å². The molecule has 11 heavy (non-hydrogen) atoms. The number of carbonyl (C=O) groups is 2. The number of likely N-dealkylation sites (N-methyl/N-ethyl adjacent to an activating group) is 1. The Labute approximate surface area is 70.6 Å². The second kappa shape index (κ2) is 4.91. The minimum atomic E-state index is -0.436. The van der Waals surface area contributed by atoms with Gasteiger partial charge >= 0.3 is 0 Å². The number of hydrogen-bond acceptors (Lipinski definition) is 2. The van der Waals surface area contributed by atoms with E-state index in [1.807, 2.05) is 0 Å². The number of carbonyl (C=O) groups excluding carboxylic acids is 2. The predicted molar refractivity (Wildman–Crippen MR) is 43.3 cm³/mol. The van der Waals surface area contributed by atoms with E-state index in [1.54, 1.807) is 7.05 Å². The van der Waals surface area contributed by atoms with Crippen molar-refractivity contribution in [1.29, 1.82) is 0 Å². The average Bonchev–Trinajstić information content (AvgIpc) is 1.98. The minimum absolute atomic E-state index is 0.178. The molecular weight excluding hydrogens is 166 g/mol. The first-order valence-electron chi connectivity index (χ1n) is 3.13. The van der Waals surface area contributed by atoms with Crippen molar-refractivity contribution in [3.63, 3.8) is 0 Å². The maximum atomic E-state index is 10.8. The maximum Gasteiger partial charge on any atom is 0.245 e. The van der Waals surface area contributed by atoms with E-state index in [0.29, 0.717) is 6.54 Å². The predicted octanol–water partition coefficient (Wildman–Crippen LogP) is 0.786. The Hall–Kier alpha value is -0.830. The monoisotopic (exact) mass is 175 g/mol. The average molecular weight is 176 g/mol. The Balaban J connectivity index is 3.68. The first-order valence-corrected chi connectivity index (χ1v) is 3.51. The Morgan fingerprint density at radius 3 is 2.55 bits per heavy atom. The van der Waals surface area contributed by atoms with E-state index in [9.17, 15) is 9.59 Å². The molecule has 0 saturated heterocycles. The second-order valence-electron chi connectivity index (χ2n) is 2.07. The van der Waals surface area contributed by atoms with Crippen molar-refractivity contribution in [2.75, 3.05) is 13.6 Å². The molecule has 4 heteroatoms. The molecule has 0 heterocycles. The molecule has 0 radical (unpaired) electrons. The van der Waals surface area contributed by atoms with Crippen LogP contribution in [0.5, 0.6) is 0 Å². The highest BCUT2D eigenvalue weighted by atomic mass is 35.5. The molecule has 0 atom stereocenters. The summed E-state index contributed by atoms with van der Waals surface area (Å²) in [6, 6.07) is 0. The second-order valence-corrected chi connectivity index (χ2v) is 2.49. The van der Waals surface area contributed by atoms with Crippen molar-refractivity contribution in [3.05, 3.63) is 12.7 Å². The van der Waals surface area contributed by atoms with Crippen LogP contribution in [-0.2, 0) is 9.59 Å². The molecule has 0 aromatic rings. The fraction of sp³-hybridized carbons (Fsp3) is 0.429. The Morgan fingerprint density at radius 2 is 2.18 bits per heavy atom. The van der Waals surface area contributed by atoms with E-state index in [-0.39, 0.29) is 12.3 Å². The van der Waals surface area contributed by atoms with E-state index in [4.69, 9.17) is 11.6 Å². The van der Waals surface area contributed by atoms with Gasteiger partial charge in [-0.2, -0.15) is 0 Å². The van der Waals surface area contributed by atoms with Crippen molar-refractivity contribution in [3.8, 4) is 0 Å². The fourth-order valence-electron chi connectivity index (χ4n) is 0.522. The molecule has 62 valence electrons. The van der Waals surface area contributed by atoms with Gasteiger partial charge in [0.15, 0.2) is 0 Å². The smallest absolute Gasteiger partial charge is 0.245 e. The maximum absolute atomic E-state index is 10.8. The molecule has 0 spiro atoms. The standard InChI is InChI=1S/C7H10ClNO2/c1-3-7(11)9(2)5-4-6(8)10/h3H,1,4-5H2,2H3. The van der Waals surface area contributed by atoms with Gasteiger partial charge in [0.1, 0.15) is 0 Å². The van der Waals surface area contributed by atoms with Crippen LogP contribution in [0.2, 0.25) is 0 Å². The number of halogens is 1. The highest BCUT2D eigenvalue weighted by Crippen LogP contribution is 1.93. The molecule has 0 rings (SSSR count). The van der Waals surface area contributed by atoms with Gasteiger partial charge in [-0.3, -0.25) is 9.59 Å². The SMILES string of the molecule is C=CC(=O)N(C)CCC(=O)Cl. The summed E-state index contributed by atoms with van der Waals surface area (Å²) in [7, 11) is 1.59. The lowest BCUT2D eigenvalue weighted by atomic mass is 10.4. The molecule has 0 fully saturated rings. The Kier molecular flexibility index (Phi) is 4.54. The molecule has 0 aromatic heterocycles. The van der Waals surface area contributed by atoms with E-state index >= 15 is 0 Å². The minimum Gasteiger partial charge on any atom is -0.342 e. The van der Waals surface area contributed by atoms with Gasteiger partial charge in [0, 0.05) is 20.0 Å². The highest BCUT2D eigenvalue weighted by Gasteiger charge is 2.04. The lowest BCUT2D eigenvalue weighted by Crippen LogP contribution is -2.26. The molecule has 0 unspecified atom stereocenters. The van der Waals surface area contributed by atoms with E-state index in [1.165, 1.54) is 11.0 Å². The van der Waals surface area contributed by atoms with Crippen molar-refractivity contribution in [2.24, 2.45) is 0 Å². The third-order valence-electron chi connectivity index (χ3n) is 1.19. The largest absolute Gasteiger partial charge is 0.342 e. The summed E-state index contributed by atoms with van der Waals surface area (Å²) >= 11 is 5.07. The zero-order valence-corrected chi connectivity index (χ0v) is 7.10. The molecule has 0 aromatic carbocycles. The van der Waals surface area contributed by atoms with Crippen molar-refractivity contribution < 1.29 is 9.59 Å². The summed E-state index contributed by atoms with van der Waals surface area (Å²) < 4.78 is 0. The van der Waals surface area contributed by atoms with Crippen LogP contribution in [0.3, 0.4) is 0 Å². The lowest BCUT2D eigenvalue weighted by Gasteiger charge is -2.12. The van der Waals surface area contributed by atoms with Crippen LogP contribution in [0.1, 0.15) is 6.42 Å². The van der Waals surface area contributed by atoms with Crippen LogP contribution in [0, 0.1) is 0 Å². The molecule has 0 aliphatic carbocycles. The van der Waals surface area contributed by atoms with Gasteiger partial charge in [-0.1, -0.05) is 6.58 Å². The molecular formula is C7H10ClNO2. The van der Waals surface area contributed by atoms with Crippen molar-refractivity contribution >= 4 is 22.8 Å². The first kappa shape index (κ1) is 10.2. The van der Waals surface area contributed by atoms with Gasteiger partial charge in [0.25, 0.3) is 0 Å². The van der Waals surface area contributed by atoms with Crippen LogP contribution >= 0.6 is 11.6 Å². The third-order valence-corrected chi connectivity index (χ3v) is 1.38. The normalized spacial score (nSPS) is 8.91. The van der Waals surface area contributed by atoms with Crippen molar-refractivity contribution in [2.45, 2.75) is 6.42 Å². The number of hydrogen-bond donors (Lipinski definition) is 0. The van der Waals surface area contributed by atoms with Gasteiger partial charge in [-0.05, 0) is 17.7 Å². The van der Waals surface area contributed by atoms with Crippen LogP contribution in [0.25, 0.3) is 0 Å². The van der Waals surface area contributed by atoms with Gasteiger partial charge in [-0.25, -0.2) is 0 Å². The molecule has 0 bridgehead atoms. The summed E-state index contributed by atoms with van der Waals surface area (Å²) in [6.45, 7) is 3.64. The summed E-state index contributed by atoms with van der Waals surface area (Å²) in [5.74, 6) is -0.206. The molecule has 1 amide bonds. The number of nitrogens with zero attached hydrogens (tertiary/aromatic N) is 1. The zero-order chi connectivity index (χ0) is 8.85. The van der Waals surface area contributed by atoms with Crippen LogP contribution in [-0.4, -0.2) is 29.6 Å². The number of rotatable bonds is 4. The fourth-order valence-corrected chi connectivity index (χ4v) is 0.606. The van der Waals surface area contributed by atoms with Crippen LogP contribution < -0.4 is 0 Å². The summed E-state index contributed by atoms with van der Waals surface area (Å²) in [6.07, 6.45) is 1.37.